The van der Waals surface area contributed by atoms with Gasteiger partial charge in [0.2, 0.25) is 0 Å². The lowest BCUT2D eigenvalue weighted by atomic mass is 9.95. The highest BCUT2D eigenvalue weighted by Crippen LogP contribution is 2.33. The molecule has 1 N–H and O–H groups in total. The van der Waals surface area contributed by atoms with E-state index in [2.05, 4.69) is 5.32 Å². The molecule has 1 aromatic carbocycles. The molecule has 0 fully saturated rings. The Bertz CT molecular complexity index is 561. The van der Waals surface area contributed by atoms with Gasteiger partial charge in [-0.05, 0) is 59.1 Å². The van der Waals surface area contributed by atoms with E-state index < -0.39 is 11.7 Å². The summed E-state index contributed by atoms with van der Waals surface area (Å²) >= 11 is 1.58. The fourth-order valence-electron chi connectivity index (χ4n) is 2.23. The molecule has 0 aliphatic heterocycles. The Kier molecular flexibility index (Phi) is 4.50. The highest BCUT2D eigenvalue weighted by Gasteiger charge is 2.31. The molecule has 0 spiro atoms. The van der Waals surface area contributed by atoms with Crippen LogP contribution in [0.1, 0.15) is 35.2 Å². The molecule has 0 bridgehead atoms. The highest BCUT2D eigenvalue weighted by molar-refractivity contribution is 7.08. The number of hydrogen-bond donors (Lipinski definition) is 1. The van der Waals surface area contributed by atoms with Gasteiger partial charge in [0.1, 0.15) is 0 Å². The molecule has 0 radical (unpaired) electrons. The van der Waals surface area contributed by atoms with Crippen LogP contribution in [0, 0.1) is 6.92 Å². The predicted molar refractivity (Wildman–Crippen MR) is 76.0 cm³/mol. The fraction of sp³-hybridized carbons (Fsp3) is 0.333. The first-order chi connectivity index (χ1) is 9.43. The largest absolute Gasteiger partial charge is 0.416 e. The molecule has 0 saturated heterocycles. The van der Waals surface area contributed by atoms with Crippen LogP contribution < -0.4 is 5.32 Å². The van der Waals surface area contributed by atoms with E-state index in [1.54, 1.807) is 24.3 Å². The van der Waals surface area contributed by atoms with Crippen molar-refractivity contribution in [2.24, 2.45) is 0 Å². The summed E-state index contributed by atoms with van der Waals surface area (Å²) in [7, 11) is 0. The molecule has 0 saturated carbocycles. The van der Waals surface area contributed by atoms with Crippen LogP contribution in [0.4, 0.5) is 13.2 Å². The first-order valence-electron chi connectivity index (χ1n) is 6.36. The number of nitrogens with one attached hydrogen (secondary N) is 1. The molecule has 0 aliphatic carbocycles. The van der Waals surface area contributed by atoms with Crippen LogP contribution in [0.5, 0.6) is 0 Å². The average molecular weight is 299 g/mol. The van der Waals surface area contributed by atoms with Crippen molar-refractivity contribution in [3.05, 3.63) is 57.3 Å². The Morgan fingerprint density at radius 1 is 1.25 bits per heavy atom. The van der Waals surface area contributed by atoms with Gasteiger partial charge in [0.25, 0.3) is 0 Å². The van der Waals surface area contributed by atoms with Gasteiger partial charge >= 0.3 is 6.18 Å². The third-order valence-electron chi connectivity index (χ3n) is 3.19. The number of rotatable bonds is 4. The second kappa shape index (κ2) is 5.97. The zero-order chi connectivity index (χ0) is 14.8. The van der Waals surface area contributed by atoms with Gasteiger partial charge in [-0.3, -0.25) is 0 Å². The Balaban J connectivity index is 2.40. The average Bonchev–Trinajstić information content (AvgIpc) is 2.89. The molecule has 1 heterocycles. The molecule has 2 rings (SSSR count). The van der Waals surface area contributed by atoms with Crippen molar-refractivity contribution >= 4 is 11.3 Å². The number of aryl methyl sites for hydroxylation is 1. The second-order valence-corrected chi connectivity index (χ2v) is 5.40. The van der Waals surface area contributed by atoms with Gasteiger partial charge in [-0.25, -0.2) is 0 Å². The van der Waals surface area contributed by atoms with E-state index in [1.807, 2.05) is 23.8 Å². The summed E-state index contributed by atoms with van der Waals surface area (Å²) in [6.07, 6.45) is -4.29. The zero-order valence-electron chi connectivity index (χ0n) is 11.3. The van der Waals surface area contributed by atoms with E-state index in [0.717, 1.165) is 23.7 Å². The molecule has 1 atom stereocenters. The summed E-state index contributed by atoms with van der Waals surface area (Å²) in [4.78, 5) is 0. The summed E-state index contributed by atoms with van der Waals surface area (Å²) < 4.78 is 38.1. The summed E-state index contributed by atoms with van der Waals surface area (Å²) in [5.41, 5.74) is 2.02. The maximum absolute atomic E-state index is 12.7. The van der Waals surface area contributed by atoms with Crippen LogP contribution in [-0.2, 0) is 6.18 Å². The first-order valence-corrected chi connectivity index (χ1v) is 7.31. The van der Waals surface area contributed by atoms with E-state index >= 15 is 0 Å². The number of benzene rings is 1. The van der Waals surface area contributed by atoms with Gasteiger partial charge in [0.15, 0.2) is 0 Å². The maximum Gasteiger partial charge on any atom is 0.416 e. The lowest BCUT2D eigenvalue weighted by molar-refractivity contribution is -0.137. The molecule has 0 aliphatic rings. The third-order valence-corrected chi connectivity index (χ3v) is 3.89. The monoisotopic (exact) mass is 299 g/mol. The van der Waals surface area contributed by atoms with Crippen LogP contribution >= 0.6 is 11.3 Å². The van der Waals surface area contributed by atoms with Crippen molar-refractivity contribution in [2.45, 2.75) is 26.1 Å². The van der Waals surface area contributed by atoms with Crippen molar-refractivity contribution in [1.29, 1.82) is 0 Å². The Morgan fingerprint density at radius 3 is 2.50 bits per heavy atom. The quantitative estimate of drug-likeness (QED) is 0.857. The fourth-order valence-corrected chi connectivity index (χ4v) is 2.91. The molecule has 108 valence electrons. The summed E-state index contributed by atoms with van der Waals surface area (Å²) in [5.74, 6) is 0. The number of thiophene rings is 1. The van der Waals surface area contributed by atoms with E-state index in [4.69, 9.17) is 0 Å². The lowest BCUT2D eigenvalue weighted by Crippen LogP contribution is -2.22. The summed E-state index contributed by atoms with van der Waals surface area (Å²) in [6, 6.07) is 5.87. The van der Waals surface area contributed by atoms with Crippen LogP contribution in [0.3, 0.4) is 0 Å². The van der Waals surface area contributed by atoms with Crippen molar-refractivity contribution in [3.8, 4) is 0 Å². The molecule has 5 heteroatoms. The van der Waals surface area contributed by atoms with Crippen molar-refractivity contribution < 1.29 is 13.2 Å². The van der Waals surface area contributed by atoms with Crippen LogP contribution in [0.25, 0.3) is 0 Å². The Labute approximate surface area is 120 Å². The van der Waals surface area contributed by atoms with E-state index in [-0.39, 0.29) is 6.04 Å². The van der Waals surface area contributed by atoms with Crippen molar-refractivity contribution in [3.63, 3.8) is 0 Å². The van der Waals surface area contributed by atoms with Crippen molar-refractivity contribution in [1.82, 2.24) is 5.32 Å². The van der Waals surface area contributed by atoms with Gasteiger partial charge in [-0.15, -0.1) is 0 Å². The van der Waals surface area contributed by atoms with Gasteiger partial charge < -0.3 is 5.32 Å². The number of halogens is 3. The van der Waals surface area contributed by atoms with E-state index in [1.165, 1.54) is 6.07 Å². The summed E-state index contributed by atoms with van der Waals surface area (Å²) in [6.45, 7) is 4.46. The van der Waals surface area contributed by atoms with Crippen LogP contribution in [-0.4, -0.2) is 6.54 Å². The normalized spacial score (nSPS) is 13.4. The zero-order valence-corrected chi connectivity index (χ0v) is 12.1. The molecular weight excluding hydrogens is 283 g/mol. The molecular formula is C15H16F3NS. The molecule has 1 nitrogen and oxygen atoms in total. The smallest absolute Gasteiger partial charge is 0.306 e. The number of alkyl halides is 3. The van der Waals surface area contributed by atoms with Gasteiger partial charge in [-0.1, -0.05) is 13.0 Å². The highest BCUT2D eigenvalue weighted by atomic mass is 32.1. The SMILES string of the molecule is CCNC(c1ccsc1)c1ccc(C(F)(F)F)cc1C. The molecule has 0 amide bonds. The molecule has 2 aromatic rings. The summed E-state index contributed by atoms with van der Waals surface area (Å²) in [5, 5.41) is 7.32. The first kappa shape index (κ1) is 15.1. The topological polar surface area (TPSA) is 12.0 Å². The van der Waals surface area contributed by atoms with Gasteiger partial charge in [0, 0.05) is 0 Å². The van der Waals surface area contributed by atoms with E-state index in [0.29, 0.717) is 5.56 Å². The van der Waals surface area contributed by atoms with E-state index in [9.17, 15) is 13.2 Å². The standard InChI is InChI=1S/C15H16F3NS/c1-3-19-14(11-6-7-20-9-11)13-5-4-12(8-10(13)2)15(16,17)18/h4-9,14,19H,3H2,1-2H3. The minimum Gasteiger partial charge on any atom is -0.306 e. The van der Waals surface area contributed by atoms with Crippen LogP contribution in [0.15, 0.2) is 35.0 Å². The van der Waals surface area contributed by atoms with Gasteiger partial charge in [-0.2, -0.15) is 24.5 Å². The Morgan fingerprint density at radius 2 is 2.00 bits per heavy atom. The van der Waals surface area contributed by atoms with Gasteiger partial charge in [0.05, 0.1) is 11.6 Å². The van der Waals surface area contributed by atoms with Crippen molar-refractivity contribution in [2.75, 3.05) is 6.54 Å². The third kappa shape index (κ3) is 3.22. The number of hydrogen-bond acceptors (Lipinski definition) is 2. The van der Waals surface area contributed by atoms with Crippen LogP contribution in [0.2, 0.25) is 0 Å². The lowest BCUT2D eigenvalue weighted by Gasteiger charge is -2.20. The predicted octanol–water partition coefficient (Wildman–Crippen LogP) is 4.77. The minimum atomic E-state index is -4.29. The Hall–Kier alpha value is -1.33. The molecule has 1 aromatic heterocycles. The second-order valence-electron chi connectivity index (χ2n) is 4.62. The maximum atomic E-state index is 12.7. The molecule has 20 heavy (non-hydrogen) atoms. The molecule has 1 unspecified atom stereocenters. The minimum absolute atomic E-state index is 0.0615.